The lowest BCUT2D eigenvalue weighted by molar-refractivity contribution is 0.0922. The minimum absolute atomic E-state index is 0.167. The molecule has 0 radical (unpaired) electrons. The van der Waals surface area contributed by atoms with Crippen molar-refractivity contribution in [3.63, 3.8) is 0 Å². The van der Waals surface area contributed by atoms with Gasteiger partial charge < -0.3 is 14.3 Å². The fraction of sp³-hybridized carbons (Fsp3) is 0.519. The highest BCUT2D eigenvalue weighted by molar-refractivity contribution is 7.12. The molecule has 0 aromatic carbocycles. The Morgan fingerprint density at radius 2 is 1.94 bits per heavy atom. The van der Waals surface area contributed by atoms with Crippen molar-refractivity contribution in [2.45, 2.75) is 78.1 Å². The van der Waals surface area contributed by atoms with Crippen molar-refractivity contribution in [1.82, 2.24) is 5.32 Å². The fourth-order valence-corrected chi connectivity index (χ4v) is 4.95. The van der Waals surface area contributed by atoms with Gasteiger partial charge in [0.15, 0.2) is 5.78 Å². The van der Waals surface area contributed by atoms with E-state index >= 15 is 0 Å². The van der Waals surface area contributed by atoms with Crippen molar-refractivity contribution >= 4 is 23.2 Å². The van der Waals surface area contributed by atoms with Crippen LogP contribution in [0.2, 0.25) is 0 Å². The lowest BCUT2D eigenvalue weighted by atomic mass is 9.95. The van der Waals surface area contributed by atoms with Crippen LogP contribution in [-0.2, 0) is 17.6 Å². The molecule has 0 fully saturated rings. The second-order valence-electron chi connectivity index (χ2n) is 8.86. The SMILES string of the molecule is CCCCCCc1ccc(CC(C)C(=O)c2c(O)cc(C(C)CC/C=C/NC(=O)OC)oc2=O)s1. The number of methoxy groups -OCH3 is 1. The van der Waals surface area contributed by atoms with Gasteiger partial charge in [0.2, 0.25) is 0 Å². The molecule has 2 rings (SSSR count). The molecule has 8 heteroatoms. The van der Waals surface area contributed by atoms with Crippen LogP contribution < -0.4 is 10.9 Å². The first kappa shape index (κ1) is 28.4. The van der Waals surface area contributed by atoms with Crippen LogP contribution >= 0.6 is 11.3 Å². The van der Waals surface area contributed by atoms with E-state index in [2.05, 4.69) is 23.0 Å². The number of aromatic hydroxyl groups is 1. The summed E-state index contributed by atoms with van der Waals surface area (Å²) in [5, 5.41) is 12.9. The number of hydrogen-bond donors (Lipinski definition) is 2. The maximum atomic E-state index is 13.0. The number of amides is 1. The minimum atomic E-state index is -0.811. The highest BCUT2D eigenvalue weighted by atomic mass is 32.1. The maximum Gasteiger partial charge on any atom is 0.410 e. The Balaban J connectivity index is 1.97. The maximum absolute atomic E-state index is 13.0. The van der Waals surface area contributed by atoms with Crippen LogP contribution in [0.15, 0.2) is 39.7 Å². The standard InChI is InChI=1S/C27H37NO6S/c1-5-6-7-8-12-20-13-14-21(35-20)16-19(3)25(30)24-22(29)17-23(34-26(24)31)18(2)11-9-10-15-28-27(32)33-4/h10,13-15,17-19,29H,5-9,11-12,16H2,1-4H3,(H,28,32)/b15-10+. The van der Waals surface area contributed by atoms with E-state index in [1.807, 2.05) is 13.0 Å². The molecule has 2 aromatic heterocycles. The first-order valence-electron chi connectivity index (χ1n) is 12.2. The fourth-order valence-electron chi connectivity index (χ4n) is 3.76. The number of ether oxygens (including phenoxy) is 1. The van der Waals surface area contributed by atoms with Gasteiger partial charge in [0, 0.05) is 33.9 Å². The van der Waals surface area contributed by atoms with Crippen molar-refractivity contribution in [3.05, 3.63) is 62.0 Å². The Hall–Kier alpha value is -2.87. The number of aryl methyl sites for hydroxylation is 1. The molecule has 0 spiro atoms. The molecular formula is C27H37NO6S. The van der Waals surface area contributed by atoms with E-state index in [0.717, 1.165) is 11.3 Å². The molecule has 192 valence electrons. The quantitative estimate of drug-likeness (QED) is 0.230. The molecule has 1 amide bonds. The summed E-state index contributed by atoms with van der Waals surface area (Å²) in [4.78, 5) is 39.0. The van der Waals surface area contributed by atoms with Gasteiger partial charge in [-0.3, -0.25) is 10.1 Å². The lowest BCUT2D eigenvalue weighted by Gasteiger charge is -2.13. The number of allylic oxidation sites excluding steroid dienone is 1. The molecule has 2 N–H and O–H groups in total. The second-order valence-corrected chi connectivity index (χ2v) is 10.1. The van der Waals surface area contributed by atoms with Crippen LogP contribution in [-0.4, -0.2) is 24.1 Å². The van der Waals surface area contributed by atoms with Crippen LogP contribution in [0.4, 0.5) is 4.79 Å². The van der Waals surface area contributed by atoms with Gasteiger partial charge in [0.1, 0.15) is 17.1 Å². The molecule has 0 saturated heterocycles. The monoisotopic (exact) mass is 503 g/mol. The third-order valence-electron chi connectivity index (χ3n) is 5.90. The third kappa shape index (κ3) is 9.02. The van der Waals surface area contributed by atoms with Crippen LogP contribution in [0, 0.1) is 5.92 Å². The van der Waals surface area contributed by atoms with Gasteiger partial charge in [-0.1, -0.05) is 46.1 Å². The Morgan fingerprint density at radius 3 is 2.63 bits per heavy atom. The Kier molecular flexibility index (Phi) is 11.8. The summed E-state index contributed by atoms with van der Waals surface area (Å²) in [7, 11) is 1.28. The summed E-state index contributed by atoms with van der Waals surface area (Å²) < 4.78 is 9.88. The molecule has 0 aliphatic rings. The number of carbonyl (C=O) groups is 2. The van der Waals surface area contributed by atoms with Crippen molar-refractivity contribution in [2.75, 3.05) is 7.11 Å². The summed E-state index contributed by atoms with van der Waals surface area (Å²) in [5.74, 6) is -1.06. The average Bonchev–Trinajstić information content (AvgIpc) is 3.27. The van der Waals surface area contributed by atoms with Gasteiger partial charge in [0.25, 0.3) is 0 Å². The van der Waals surface area contributed by atoms with Gasteiger partial charge in [-0.2, -0.15) is 0 Å². The number of alkyl carbamates (subject to hydrolysis) is 1. The largest absolute Gasteiger partial charge is 0.507 e. The Bertz CT molecular complexity index is 1050. The smallest absolute Gasteiger partial charge is 0.410 e. The number of ketones is 1. The van der Waals surface area contributed by atoms with E-state index in [4.69, 9.17) is 4.42 Å². The normalized spacial score (nSPS) is 13.0. The van der Waals surface area contributed by atoms with E-state index in [0.29, 0.717) is 25.0 Å². The van der Waals surface area contributed by atoms with Crippen LogP contribution in [0.3, 0.4) is 0 Å². The zero-order chi connectivity index (χ0) is 25.8. The zero-order valence-electron chi connectivity index (χ0n) is 21.1. The van der Waals surface area contributed by atoms with Gasteiger partial charge in [-0.25, -0.2) is 9.59 Å². The first-order valence-corrected chi connectivity index (χ1v) is 13.1. The molecule has 2 unspecified atom stereocenters. The van der Waals surface area contributed by atoms with E-state index in [1.54, 1.807) is 24.3 Å². The Labute approximate surface area is 211 Å². The topological polar surface area (TPSA) is 106 Å². The number of thiophene rings is 1. The van der Waals surface area contributed by atoms with Gasteiger partial charge in [-0.05, 0) is 44.2 Å². The molecule has 2 aromatic rings. The van der Waals surface area contributed by atoms with Crippen LogP contribution in [0.25, 0.3) is 0 Å². The number of carbonyl (C=O) groups excluding carboxylic acids is 2. The van der Waals surface area contributed by atoms with E-state index < -0.39 is 23.4 Å². The Morgan fingerprint density at radius 1 is 1.20 bits per heavy atom. The number of rotatable bonds is 14. The molecule has 0 aliphatic heterocycles. The van der Waals surface area contributed by atoms with Crippen molar-refractivity contribution in [3.8, 4) is 5.75 Å². The van der Waals surface area contributed by atoms with Gasteiger partial charge in [0.05, 0.1) is 7.11 Å². The molecule has 0 aliphatic carbocycles. The van der Waals surface area contributed by atoms with Crippen molar-refractivity contribution < 1.29 is 23.8 Å². The zero-order valence-corrected chi connectivity index (χ0v) is 21.9. The number of unbranched alkanes of at least 4 members (excludes halogenated alkanes) is 3. The molecule has 2 heterocycles. The predicted molar refractivity (Wildman–Crippen MR) is 138 cm³/mol. The molecule has 0 bridgehead atoms. The highest BCUT2D eigenvalue weighted by Gasteiger charge is 2.25. The number of hydrogen-bond acceptors (Lipinski definition) is 7. The summed E-state index contributed by atoms with van der Waals surface area (Å²) in [5.41, 5.74) is -1.10. The average molecular weight is 504 g/mol. The summed E-state index contributed by atoms with van der Waals surface area (Å²) >= 11 is 1.71. The van der Waals surface area contributed by atoms with E-state index in [-0.39, 0.29) is 17.2 Å². The summed E-state index contributed by atoms with van der Waals surface area (Å²) in [6.45, 7) is 5.83. The number of Topliss-reactive ketones (excluding diaryl/α,β-unsaturated/α-hetero) is 1. The van der Waals surface area contributed by atoms with Crippen molar-refractivity contribution in [2.24, 2.45) is 5.92 Å². The molecule has 35 heavy (non-hydrogen) atoms. The lowest BCUT2D eigenvalue weighted by Crippen LogP contribution is -2.22. The predicted octanol–water partition coefficient (Wildman–Crippen LogP) is 6.34. The molecular weight excluding hydrogens is 466 g/mol. The third-order valence-corrected chi connectivity index (χ3v) is 7.07. The molecule has 7 nitrogen and oxygen atoms in total. The number of nitrogens with one attached hydrogen (secondary N) is 1. The first-order chi connectivity index (χ1) is 16.8. The van der Waals surface area contributed by atoms with E-state index in [9.17, 15) is 19.5 Å². The van der Waals surface area contributed by atoms with Gasteiger partial charge >= 0.3 is 11.7 Å². The molecule has 2 atom stereocenters. The van der Waals surface area contributed by atoms with Crippen LogP contribution in [0.5, 0.6) is 5.75 Å². The molecule has 0 saturated carbocycles. The highest BCUT2D eigenvalue weighted by Crippen LogP contribution is 2.28. The van der Waals surface area contributed by atoms with Crippen molar-refractivity contribution in [1.29, 1.82) is 0 Å². The van der Waals surface area contributed by atoms with Crippen LogP contribution in [0.1, 0.15) is 91.1 Å². The van der Waals surface area contributed by atoms with Gasteiger partial charge in [-0.15, -0.1) is 11.3 Å². The minimum Gasteiger partial charge on any atom is -0.507 e. The summed E-state index contributed by atoms with van der Waals surface area (Å²) in [6, 6.07) is 5.53. The second kappa shape index (κ2) is 14.5. The summed E-state index contributed by atoms with van der Waals surface area (Å²) in [6.07, 6.45) is 10.3. The van der Waals surface area contributed by atoms with E-state index in [1.165, 1.54) is 49.9 Å².